The average Bonchev–Trinajstić information content (AvgIpc) is 3.01. The van der Waals surface area contributed by atoms with E-state index >= 15 is 0 Å². The van der Waals surface area contributed by atoms with Crippen molar-refractivity contribution >= 4 is 17.4 Å². The molecule has 0 aliphatic carbocycles. The predicted molar refractivity (Wildman–Crippen MR) is 116 cm³/mol. The number of hydrogen-bond donors (Lipinski definition) is 2. The molecule has 1 saturated heterocycles. The van der Waals surface area contributed by atoms with Gasteiger partial charge in [-0.2, -0.15) is 0 Å². The van der Waals surface area contributed by atoms with Gasteiger partial charge in [-0.05, 0) is 50.1 Å². The minimum Gasteiger partial charge on any atom is -0.508 e. The predicted octanol–water partition coefficient (Wildman–Crippen LogP) is 3.64. The van der Waals surface area contributed by atoms with Crippen molar-refractivity contribution in [2.45, 2.75) is 32.4 Å². The van der Waals surface area contributed by atoms with Crippen LogP contribution in [0.4, 0.5) is 0 Å². The van der Waals surface area contributed by atoms with Crippen LogP contribution >= 0.6 is 0 Å². The number of phenolic OH excluding ortho intramolecular Hbond substituents is 1. The third-order valence-electron chi connectivity index (χ3n) is 5.06. The summed E-state index contributed by atoms with van der Waals surface area (Å²) in [4.78, 5) is 27.3. The zero-order chi connectivity index (χ0) is 22.5. The Balaban J connectivity index is 2.05. The molecular formula is C24H27NO6. The maximum atomic E-state index is 13.0. The lowest BCUT2D eigenvalue weighted by molar-refractivity contribution is -0.140. The second-order valence-corrected chi connectivity index (χ2v) is 7.59. The molecule has 2 aromatic carbocycles. The van der Waals surface area contributed by atoms with Crippen molar-refractivity contribution in [3.8, 4) is 11.5 Å². The highest BCUT2D eigenvalue weighted by atomic mass is 16.5. The second-order valence-electron chi connectivity index (χ2n) is 7.59. The molecule has 7 nitrogen and oxygen atoms in total. The molecule has 2 N–H and O–H groups in total. The summed E-state index contributed by atoms with van der Waals surface area (Å²) in [7, 11) is 1.50. The molecule has 3 rings (SSSR count). The molecule has 1 aliphatic rings. The van der Waals surface area contributed by atoms with E-state index in [1.165, 1.54) is 24.1 Å². The molecule has 7 heteroatoms. The number of likely N-dealkylation sites (tertiary alicyclic amines) is 1. The van der Waals surface area contributed by atoms with E-state index in [1.54, 1.807) is 36.4 Å². The summed E-state index contributed by atoms with van der Waals surface area (Å²) >= 11 is 0. The summed E-state index contributed by atoms with van der Waals surface area (Å²) in [5.74, 6) is -1.22. The fourth-order valence-electron chi connectivity index (χ4n) is 3.63. The van der Waals surface area contributed by atoms with Crippen molar-refractivity contribution in [2.24, 2.45) is 0 Å². The summed E-state index contributed by atoms with van der Waals surface area (Å²) in [6, 6.07) is 12.2. The Labute approximate surface area is 181 Å². The van der Waals surface area contributed by atoms with Crippen LogP contribution in [0.25, 0.3) is 5.76 Å². The Bertz CT molecular complexity index is 997. The lowest BCUT2D eigenvalue weighted by Gasteiger charge is -2.25. The lowest BCUT2D eigenvalue weighted by Crippen LogP contribution is -2.31. The number of aliphatic hydroxyl groups excluding tert-OH is 1. The number of carbonyl (C=O) groups is 2. The maximum absolute atomic E-state index is 13.0. The van der Waals surface area contributed by atoms with Crippen LogP contribution < -0.4 is 4.74 Å². The van der Waals surface area contributed by atoms with Gasteiger partial charge in [0.1, 0.15) is 17.3 Å². The van der Waals surface area contributed by atoms with Crippen LogP contribution in [0.2, 0.25) is 0 Å². The van der Waals surface area contributed by atoms with Gasteiger partial charge in [0.15, 0.2) is 0 Å². The molecule has 1 atom stereocenters. The van der Waals surface area contributed by atoms with Gasteiger partial charge in [-0.1, -0.05) is 24.3 Å². The summed E-state index contributed by atoms with van der Waals surface area (Å²) in [6.07, 6.45) is 0.588. The van der Waals surface area contributed by atoms with Gasteiger partial charge in [0.2, 0.25) is 0 Å². The molecule has 1 aliphatic heterocycles. The molecule has 0 unspecified atom stereocenters. The Hall–Kier alpha value is -3.32. The molecule has 0 spiro atoms. The number of amides is 1. The van der Waals surface area contributed by atoms with E-state index in [9.17, 15) is 19.8 Å². The molecule has 0 aromatic heterocycles. The van der Waals surface area contributed by atoms with Crippen molar-refractivity contribution in [3.05, 3.63) is 65.2 Å². The molecule has 0 saturated carbocycles. The van der Waals surface area contributed by atoms with Gasteiger partial charge >= 0.3 is 0 Å². The number of phenols is 1. The first-order valence-electron chi connectivity index (χ1n) is 10.2. The summed E-state index contributed by atoms with van der Waals surface area (Å²) < 4.78 is 10.8. The highest BCUT2D eigenvalue weighted by molar-refractivity contribution is 6.46. The summed E-state index contributed by atoms with van der Waals surface area (Å²) in [5.41, 5.74) is 0.882. The van der Waals surface area contributed by atoms with Crippen LogP contribution in [0.15, 0.2) is 54.1 Å². The maximum Gasteiger partial charge on any atom is 0.295 e. The van der Waals surface area contributed by atoms with Crippen molar-refractivity contribution in [2.75, 3.05) is 20.3 Å². The molecule has 1 heterocycles. The number of ketones is 1. The number of ether oxygens (including phenoxy) is 2. The van der Waals surface area contributed by atoms with Gasteiger partial charge < -0.3 is 24.6 Å². The largest absolute Gasteiger partial charge is 0.508 e. The summed E-state index contributed by atoms with van der Waals surface area (Å²) in [6.45, 7) is 4.55. The van der Waals surface area contributed by atoms with Gasteiger partial charge in [-0.25, -0.2) is 0 Å². The lowest BCUT2D eigenvalue weighted by atomic mass is 9.95. The minimum absolute atomic E-state index is 0.00705. The molecule has 0 bridgehead atoms. The minimum atomic E-state index is -0.822. The third-order valence-corrected chi connectivity index (χ3v) is 5.06. The Morgan fingerprint density at radius 1 is 1.13 bits per heavy atom. The quantitative estimate of drug-likeness (QED) is 0.290. The topological polar surface area (TPSA) is 96.3 Å². The summed E-state index contributed by atoms with van der Waals surface area (Å²) in [5, 5.41) is 21.0. The standard InChI is InChI=1S/C24H27NO6/c1-15(2)31-12-6-11-25-21(16-7-4-9-18(26)13-16)20(23(28)24(25)29)22(27)17-8-5-10-19(14-17)30-3/h4-5,7-10,13-15,21,26-27H,6,11-12H2,1-3H3/t21-/m1/s1. The molecule has 164 valence electrons. The molecule has 2 aromatic rings. The number of hydrogen-bond acceptors (Lipinski definition) is 6. The fraction of sp³-hybridized carbons (Fsp3) is 0.333. The SMILES string of the molecule is COc1cccc(C(O)=C2C(=O)C(=O)N(CCCOC(C)C)[C@@H]2c2cccc(O)c2)c1. The van der Waals surface area contributed by atoms with Gasteiger partial charge in [0.25, 0.3) is 11.7 Å². The van der Waals surface area contributed by atoms with Crippen LogP contribution in [0.1, 0.15) is 37.4 Å². The first-order chi connectivity index (χ1) is 14.8. The van der Waals surface area contributed by atoms with Gasteiger partial charge in [-0.3, -0.25) is 9.59 Å². The van der Waals surface area contributed by atoms with Gasteiger partial charge in [-0.15, -0.1) is 0 Å². The highest BCUT2D eigenvalue weighted by Crippen LogP contribution is 2.40. The molecular weight excluding hydrogens is 398 g/mol. The number of aromatic hydroxyl groups is 1. The molecule has 31 heavy (non-hydrogen) atoms. The Morgan fingerprint density at radius 3 is 2.55 bits per heavy atom. The first-order valence-corrected chi connectivity index (χ1v) is 10.2. The normalized spacial score (nSPS) is 18.1. The van der Waals surface area contributed by atoms with Crippen molar-refractivity contribution in [1.29, 1.82) is 0 Å². The van der Waals surface area contributed by atoms with Crippen molar-refractivity contribution < 1.29 is 29.3 Å². The zero-order valence-electron chi connectivity index (χ0n) is 17.9. The number of methoxy groups -OCH3 is 1. The van der Waals surface area contributed by atoms with Crippen LogP contribution in [0.3, 0.4) is 0 Å². The number of nitrogens with zero attached hydrogens (tertiary/aromatic N) is 1. The van der Waals surface area contributed by atoms with E-state index in [-0.39, 0.29) is 29.7 Å². The van der Waals surface area contributed by atoms with E-state index < -0.39 is 17.7 Å². The zero-order valence-corrected chi connectivity index (χ0v) is 17.9. The van der Waals surface area contributed by atoms with Gasteiger partial charge in [0.05, 0.1) is 24.8 Å². The Kier molecular flexibility index (Phi) is 6.97. The fourth-order valence-corrected chi connectivity index (χ4v) is 3.63. The molecule has 1 fully saturated rings. The van der Waals surface area contributed by atoms with Crippen molar-refractivity contribution in [3.63, 3.8) is 0 Å². The van der Waals surface area contributed by atoms with Crippen LogP contribution in [-0.4, -0.2) is 53.2 Å². The van der Waals surface area contributed by atoms with Gasteiger partial charge in [0, 0.05) is 18.7 Å². The monoisotopic (exact) mass is 425 g/mol. The van der Waals surface area contributed by atoms with Crippen LogP contribution in [0, 0.1) is 0 Å². The van der Waals surface area contributed by atoms with Crippen LogP contribution in [-0.2, 0) is 14.3 Å². The highest BCUT2D eigenvalue weighted by Gasteiger charge is 2.45. The number of aliphatic hydroxyl groups is 1. The number of rotatable bonds is 8. The van der Waals surface area contributed by atoms with Crippen LogP contribution in [0.5, 0.6) is 11.5 Å². The van der Waals surface area contributed by atoms with E-state index in [1.807, 2.05) is 13.8 Å². The smallest absolute Gasteiger partial charge is 0.295 e. The number of Topliss-reactive ketones (excluding diaryl/α,β-unsaturated/α-hetero) is 1. The number of carbonyl (C=O) groups excluding carboxylic acids is 2. The van der Waals surface area contributed by atoms with E-state index in [0.29, 0.717) is 29.9 Å². The second kappa shape index (κ2) is 9.66. The Morgan fingerprint density at radius 2 is 1.87 bits per heavy atom. The first kappa shape index (κ1) is 22.4. The molecule has 0 radical (unpaired) electrons. The van der Waals surface area contributed by atoms with E-state index in [2.05, 4.69) is 0 Å². The van der Waals surface area contributed by atoms with E-state index in [4.69, 9.17) is 9.47 Å². The average molecular weight is 425 g/mol. The molecule has 1 amide bonds. The van der Waals surface area contributed by atoms with E-state index in [0.717, 1.165) is 0 Å². The number of benzene rings is 2. The van der Waals surface area contributed by atoms with Crippen molar-refractivity contribution in [1.82, 2.24) is 4.90 Å². The third kappa shape index (κ3) is 4.88.